The highest BCUT2D eigenvalue weighted by Gasteiger charge is 2.34. The van der Waals surface area contributed by atoms with Crippen LogP contribution in [0.3, 0.4) is 0 Å². The van der Waals surface area contributed by atoms with E-state index in [0.717, 1.165) is 16.9 Å². The molecule has 4 rings (SSSR count). The number of alkyl halides is 3. The molecule has 0 aliphatic carbocycles. The molecule has 0 unspecified atom stereocenters. The number of anilines is 1. The van der Waals surface area contributed by atoms with Gasteiger partial charge < -0.3 is 5.32 Å². The van der Waals surface area contributed by atoms with Crippen LogP contribution in [0.1, 0.15) is 16.1 Å². The Hall–Kier alpha value is -4.09. The molecular formula is C17H11F3N8O. The monoisotopic (exact) mass is 400 g/mol. The van der Waals surface area contributed by atoms with Crippen molar-refractivity contribution in [2.24, 2.45) is 0 Å². The number of hydrogen-bond acceptors (Lipinski definition) is 6. The molecule has 0 atom stereocenters. The van der Waals surface area contributed by atoms with Gasteiger partial charge in [0, 0.05) is 0 Å². The summed E-state index contributed by atoms with van der Waals surface area (Å²) in [5.74, 6) is -0.147. The van der Waals surface area contributed by atoms with Gasteiger partial charge in [-0.1, -0.05) is 17.3 Å². The second kappa shape index (κ2) is 7.14. The van der Waals surface area contributed by atoms with E-state index in [9.17, 15) is 18.0 Å². The number of rotatable bonds is 4. The summed E-state index contributed by atoms with van der Waals surface area (Å²) in [5.41, 5.74) is -0.901. The van der Waals surface area contributed by atoms with Crippen LogP contribution in [0.25, 0.3) is 11.5 Å². The number of benzene rings is 1. The molecule has 3 heterocycles. The molecule has 0 aliphatic rings. The summed E-state index contributed by atoms with van der Waals surface area (Å²) in [6.07, 6.45) is 0.785. The maximum atomic E-state index is 13.2. The van der Waals surface area contributed by atoms with Crippen LogP contribution in [0.5, 0.6) is 0 Å². The van der Waals surface area contributed by atoms with E-state index in [1.807, 2.05) is 0 Å². The number of pyridine rings is 1. The Bertz CT molecular complexity index is 1140. The van der Waals surface area contributed by atoms with Crippen LogP contribution in [0.2, 0.25) is 0 Å². The quantitative estimate of drug-likeness (QED) is 0.565. The smallest absolute Gasteiger partial charge is 0.319 e. The molecule has 3 aromatic heterocycles. The van der Waals surface area contributed by atoms with Crippen molar-refractivity contribution in [3.63, 3.8) is 0 Å². The predicted octanol–water partition coefficient (Wildman–Crippen LogP) is 2.51. The van der Waals surface area contributed by atoms with E-state index in [1.165, 1.54) is 41.7 Å². The summed E-state index contributed by atoms with van der Waals surface area (Å²) in [6, 6.07) is 8.08. The molecule has 29 heavy (non-hydrogen) atoms. The molecule has 1 amide bonds. The maximum Gasteiger partial charge on any atom is 0.418 e. The Kier molecular flexibility index (Phi) is 4.50. The number of nitrogens with zero attached hydrogens (tertiary/aromatic N) is 7. The Morgan fingerprint density at radius 3 is 2.59 bits per heavy atom. The summed E-state index contributed by atoms with van der Waals surface area (Å²) in [6.45, 7) is 0. The number of carbonyl (C=O) groups is 1. The molecule has 0 saturated carbocycles. The van der Waals surface area contributed by atoms with Crippen molar-refractivity contribution in [3.05, 3.63) is 72.7 Å². The van der Waals surface area contributed by atoms with E-state index in [0.29, 0.717) is 11.5 Å². The predicted molar refractivity (Wildman–Crippen MR) is 93.5 cm³/mol. The second-order valence-electron chi connectivity index (χ2n) is 5.76. The van der Waals surface area contributed by atoms with Crippen molar-refractivity contribution in [1.29, 1.82) is 0 Å². The third-order valence-corrected chi connectivity index (χ3v) is 3.84. The Morgan fingerprint density at radius 2 is 1.90 bits per heavy atom. The molecule has 0 bridgehead atoms. The number of carbonyl (C=O) groups excluding carboxylic acids is 1. The lowest BCUT2D eigenvalue weighted by Gasteiger charge is -2.11. The second-order valence-corrected chi connectivity index (χ2v) is 5.76. The molecule has 0 fully saturated rings. The fourth-order valence-electron chi connectivity index (χ4n) is 2.52. The molecule has 0 spiro atoms. The van der Waals surface area contributed by atoms with E-state index in [2.05, 4.69) is 30.7 Å². The molecule has 1 aromatic carbocycles. The van der Waals surface area contributed by atoms with Crippen LogP contribution in [0.4, 0.5) is 18.9 Å². The van der Waals surface area contributed by atoms with E-state index < -0.39 is 17.6 Å². The standard InChI is InChI=1S/C17H11F3N8O/c18-17(19,20)12-3-1-2-4-14(12)27-8-13(25-26-27)16(29)24-11-5-6-15(22-7-11)28-10-21-9-23-28/h1-10H,(H,24,29). The first-order chi connectivity index (χ1) is 13.9. The molecule has 9 nitrogen and oxygen atoms in total. The highest BCUT2D eigenvalue weighted by molar-refractivity contribution is 6.02. The van der Waals surface area contributed by atoms with Crippen LogP contribution in [0.15, 0.2) is 61.4 Å². The third kappa shape index (κ3) is 3.81. The van der Waals surface area contributed by atoms with E-state index in [4.69, 9.17) is 0 Å². The number of para-hydroxylation sites is 1. The zero-order chi connectivity index (χ0) is 20.4. The average molecular weight is 400 g/mol. The fraction of sp³-hybridized carbons (Fsp3) is 0.0588. The van der Waals surface area contributed by atoms with Crippen LogP contribution < -0.4 is 5.32 Å². The Morgan fingerprint density at radius 1 is 1.07 bits per heavy atom. The third-order valence-electron chi connectivity index (χ3n) is 3.84. The van der Waals surface area contributed by atoms with Gasteiger partial charge in [0.2, 0.25) is 0 Å². The number of nitrogens with one attached hydrogen (secondary N) is 1. The molecule has 0 radical (unpaired) electrons. The summed E-state index contributed by atoms with van der Waals surface area (Å²) in [5, 5.41) is 13.8. The van der Waals surface area contributed by atoms with Gasteiger partial charge in [-0.15, -0.1) is 5.10 Å². The van der Waals surface area contributed by atoms with Gasteiger partial charge in [-0.05, 0) is 24.3 Å². The molecule has 0 saturated heterocycles. The van der Waals surface area contributed by atoms with Crippen LogP contribution >= 0.6 is 0 Å². The first kappa shape index (κ1) is 18.3. The van der Waals surface area contributed by atoms with Crippen molar-refractivity contribution in [2.45, 2.75) is 6.18 Å². The number of halogens is 3. The fourth-order valence-corrected chi connectivity index (χ4v) is 2.52. The summed E-state index contributed by atoms with van der Waals surface area (Å²) >= 11 is 0. The zero-order valence-corrected chi connectivity index (χ0v) is 14.4. The van der Waals surface area contributed by atoms with E-state index >= 15 is 0 Å². The number of aromatic nitrogens is 7. The molecule has 1 N–H and O–H groups in total. The first-order valence-corrected chi connectivity index (χ1v) is 8.13. The molecular weight excluding hydrogens is 389 g/mol. The van der Waals surface area contributed by atoms with Gasteiger partial charge in [-0.2, -0.15) is 18.3 Å². The van der Waals surface area contributed by atoms with E-state index in [1.54, 1.807) is 12.1 Å². The molecule has 12 heteroatoms. The Labute approximate surface area is 160 Å². The zero-order valence-electron chi connectivity index (χ0n) is 14.4. The number of hydrogen-bond donors (Lipinski definition) is 1. The van der Waals surface area contributed by atoms with Gasteiger partial charge in [-0.3, -0.25) is 4.79 Å². The molecule has 146 valence electrons. The Balaban J connectivity index is 1.52. The van der Waals surface area contributed by atoms with Gasteiger partial charge in [0.25, 0.3) is 5.91 Å². The molecule has 0 aliphatic heterocycles. The van der Waals surface area contributed by atoms with Crippen LogP contribution in [0, 0.1) is 0 Å². The first-order valence-electron chi connectivity index (χ1n) is 8.13. The van der Waals surface area contributed by atoms with Gasteiger partial charge in [0.05, 0.1) is 29.3 Å². The summed E-state index contributed by atoms with van der Waals surface area (Å²) in [7, 11) is 0. The van der Waals surface area contributed by atoms with Gasteiger partial charge in [0.1, 0.15) is 12.7 Å². The highest BCUT2D eigenvalue weighted by Crippen LogP contribution is 2.33. The lowest BCUT2D eigenvalue weighted by atomic mass is 10.1. The lowest BCUT2D eigenvalue weighted by molar-refractivity contribution is -0.137. The molecule has 4 aromatic rings. The number of amides is 1. The SMILES string of the molecule is O=C(Nc1ccc(-n2cncn2)nc1)c1cn(-c2ccccc2C(F)(F)F)nn1. The van der Waals surface area contributed by atoms with Gasteiger partial charge in [-0.25, -0.2) is 19.3 Å². The topological polar surface area (TPSA) is 103 Å². The maximum absolute atomic E-state index is 13.2. The van der Waals surface area contributed by atoms with Crippen LogP contribution in [-0.2, 0) is 6.18 Å². The lowest BCUT2D eigenvalue weighted by Crippen LogP contribution is -2.13. The largest absolute Gasteiger partial charge is 0.418 e. The van der Waals surface area contributed by atoms with Crippen molar-refractivity contribution >= 4 is 11.6 Å². The van der Waals surface area contributed by atoms with Gasteiger partial charge in [0.15, 0.2) is 11.5 Å². The van der Waals surface area contributed by atoms with E-state index in [-0.39, 0.29) is 11.4 Å². The van der Waals surface area contributed by atoms with Crippen molar-refractivity contribution < 1.29 is 18.0 Å². The summed E-state index contributed by atoms with van der Waals surface area (Å²) < 4.78 is 41.8. The van der Waals surface area contributed by atoms with Gasteiger partial charge >= 0.3 is 6.18 Å². The highest BCUT2D eigenvalue weighted by atomic mass is 19.4. The van der Waals surface area contributed by atoms with Crippen LogP contribution in [-0.4, -0.2) is 40.6 Å². The van der Waals surface area contributed by atoms with Crippen molar-refractivity contribution in [3.8, 4) is 11.5 Å². The normalized spacial score (nSPS) is 11.4. The minimum Gasteiger partial charge on any atom is -0.319 e. The average Bonchev–Trinajstić information content (AvgIpc) is 3.40. The minimum absolute atomic E-state index is 0.151. The summed E-state index contributed by atoms with van der Waals surface area (Å²) in [4.78, 5) is 20.3. The minimum atomic E-state index is -4.57. The van der Waals surface area contributed by atoms with Crippen molar-refractivity contribution in [2.75, 3.05) is 5.32 Å². The van der Waals surface area contributed by atoms with Crippen molar-refractivity contribution in [1.82, 2.24) is 34.7 Å².